The van der Waals surface area contributed by atoms with Crippen LogP contribution in [0.2, 0.25) is 0 Å². The number of ether oxygens (including phenoxy) is 1. The molecule has 0 aromatic carbocycles. The van der Waals surface area contributed by atoms with Crippen LogP contribution in [0.25, 0.3) is 0 Å². The van der Waals surface area contributed by atoms with E-state index in [1.54, 1.807) is 6.92 Å². The minimum absolute atomic E-state index is 0.0637. The number of hydrogen-bond acceptors (Lipinski definition) is 4. The number of carbonyl (C=O) groups excluding carboxylic acids is 1. The van der Waals surface area contributed by atoms with Gasteiger partial charge in [0.2, 0.25) is 10.0 Å². The van der Waals surface area contributed by atoms with Crippen molar-refractivity contribution in [1.29, 1.82) is 0 Å². The molecule has 0 aromatic heterocycles. The van der Waals surface area contributed by atoms with E-state index in [0.29, 0.717) is 13.1 Å². The first-order chi connectivity index (χ1) is 8.56. The molecule has 6 nitrogen and oxygen atoms in total. The Morgan fingerprint density at radius 3 is 2.39 bits per heavy atom. The lowest BCUT2D eigenvalue weighted by atomic mass is 10.2. The van der Waals surface area contributed by atoms with Gasteiger partial charge in [-0.05, 0) is 19.8 Å². The van der Waals surface area contributed by atoms with Crippen molar-refractivity contribution in [3.05, 3.63) is 0 Å². The number of hydrogen-bond donors (Lipinski definition) is 1. The van der Waals surface area contributed by atoms with Crippen LogP contribution in [0.4, 0.5) is 4.79 Å². The largest absolute Gasteiger partial charge is 0.450 e. The van der Waals surface area contributed by atoms with Crippen LogP contribution in [0, 0.1) is 0 Å². The average molecular weight is 278 g/mol. The van der Waals surface area contributed by atoms with Gasteiger partial charge in [-0.25, -0.2) is 17.5 Å². The van der Waals surface area contributed by atoms with E-state index in [1.807, 2.05) is 0 Å². The first kappa shape index (κ1) is 15.2. The number of sulfonamides is 1. The van der Waals surface area contributed by atoms with Gasteiger partial charge in [-0.1, -0.05) is 12.8 Å². The van der Waals surface area contributed by atoms with E-state index in [4.69, 9.17) is 0 Å². The fourth-order valence-corrected chi connectivity index (χ4v) is 3.35. The number of alkyl carbamates (subject to hydrolysis) is 1. The molecule has 1 heterocycles. The summed E-state index contributed by atoms with van der Waals surface area (Å²) in [6.45, 7) is 3.28. The number of rotatable bonds is 5. The molecule has 1 saturated heterocycles. The molecule has 1 N–H and O–H groups in total. The second-order valence-corrected chi connectivity index (χ2v) is 6.36. The van der Waals surface area contributed by atoms with Crippen molar-refractivity contribution in [2.24, 2.45) is 0 Å². The third-order valence-electron chi connectivity index (χ3n) is 2.86. The van der Waals surface area contributed by atoms with E-state index < -0.39 is 16.1 Å². The molecule has 1 rings (SSSR count). The summed E-state index contributed by atoms with van der Waals surface area (Å²) in [6.07, 6.45) is 3.46. The van der Waals surface area contributed by atoms with Crippen LogP contribution in [0.1, 0.15) is 32.6 Å². The molecular weight excluding hydrogens is 256 g/mol. The zero-order valence-electron chi connectivity index (χ0n) is 10.9. The Bertz CT molecular complexity index is 348. The van der Waals surface area contributed by atoms with E-state index in [1.165, 1.54) is 4.31 Å². The van der Waals surface area contributed by atoms with Gasteiger partial charge in [0.25, 0.3) is 0 Å². The van der Waals surface area contributed by atoms with Crippen molar-refractivity contribution in [1.82, 2.24) is 9.62 Å². The highest BCUT2D eigenvalue weighted by Gasteiger charge is 2.22. The molecule has 0 saturated carbocycles. The molecule has 0 radical (unpaired) electrons. The van der Waals surface area contributed by atoms with Gasteiger partial charge in [-0.15, -0.1) is 0 Å². The van der Waals surface area contributed by atoms with E-state index in [-0.39, 0.29) is 18.9 Å². The lowest BCUT2D eigenvalue weighted by Crippen LogP contribution is -2.38. The van der Waals surface area contributed by atoms with Gasteiger partial charge >= 0.3 is 6.09 Å². The summed E-state index contributed by atoms with van der Waals surface area (Å²) < 4.78 is 30.2. The van der Waals surface area contributed by atoms with Crippen LogP contribution in [-0.2, 0) is 14.8 Å². The summed E-state index contributed by atoms with van der Waals surface area (Å²) in [7, 11) is -3.25. The molecule has 0 aromatic rings. The average Bonchev–Trinajstić information content (AvgIpc) is 2.58. The minimum atomic E-state index is -3.25. The van der Waals surface area contributed by atoms with E-state index >= 15 is 0 Å². The molecule has 0 unspecified atom stereocenters. The maximum atomic E-state index is 12.0. The highest BCUT2D eigenvalue weighted by molar-refractivity contribution is 7.89. The van der Waals surface area contributed by atoms with E-state index in [0.717, 1.165) is 25.7 Å². The second kappa shape index (κ2) is 7.58. The molecule has 7 heteroatoms. The summed E-state index contributed by atoms with van der Waals surface area (Å²) in [5.41, 5.74) is 0. The van der Waals surface area contributed by atoms with Gasteiger partial charge in [-0.3, -0.25) is 0 Å². The second-order valence-electron chi connectivity index (χ2n) is 4.28. The molecule has 0 spiro atoms. The molecule has 0 bridgehead atoms. The summed E-state index contributed by atoms with van der Waals surface area (Å²) in [6, 6.07) is 0. The van der Waals surface area contributed by atoms with Gasteiger partial charge in [0.15, 0.2) is 0 Å². The first-order valence-corrected chi connectivity index (χ1v) is 8.05. The predicted octanol–water partition coefficient (Wildman–Crippen LogP) is 0.938. The molecule has 1 aliphatic rings. The Morgan fingerprint density at radius 2 is 1.83 bits per heavy atom. The van der Waals surface area contributed by atoms with Crippen molar-refractivity contribution in [3.8, 4) is 0 Å². The molecule has 18 heavy (non-hydrogen) atoms. The first-order valence-electron chi connectivity index (χ1n) is 6.44. The van der Waals surface area contributed by atoms with Crippen LogP contribution in [0.3, 0.4) is 0 Å². The monoisotopic (exact) mass is 278 g/mol. The number of nitrogens with zero attached hydrogens (tertiary/aromatic N) is 1. The Balaban J connectivity index is 2.36. The van der Waals surface area contributed by atoms with E-state index in [9.17, 15) is 13.2 Å². The Labute approximate surface area is 109 Å². The van der Waals surface area contributed by atoms with Crippen LogP contribution < -0.4 is 5.32 Å². The Hall–Kier alpha value is -0.820. The summed E-state index contributed by atoms with van der Waals surface area (Å²) in [4.78, 5) is 11.0. The lowest BCUT2D eigenvalue weighted by molar-refractivity contribution is 0.153. The van der Waals surface area contributed by atoms with Crippen LogP contribution >= 0.6 is 0 Å². The van der Waals surface area contributed by atoms with Gasteiger partial charge in [-0.2, -0.15) is 0 Å². The Kier molecular flexibility index (Phi) is 6.42. The molecule has 1 aliphatic heterocycles. The SMILES string of the molecule is CCOC(=O)NCCS(=O)(=O)N1CCCCCC1. The predicted molar refractivity (Wildman–Crippen MR) is 68.9 cm³/mol. The summed E-state index contributed by atoms with van der Waals surface area (Å²) in [5.74, 6) is -0.0637. The summed E-state index contributed by atoms with van der Waals surface area (Å²) in [5, 5.41) is 2.43. The lowest BCUT2D eigenvalue weighted by Gasteiger charge is -2.19. The van der Waals surface area contributed by atoms with Gasteiger partial charge in [0.1, 0.15) is 0 Å². The maximum absolute atomic E-state index is 12.0. The zero-order valence-corrected chi connectivity index (χ0v) is 11.7. The third kappa shape index (κ3) is 5.22. The number of carbonyl (C=O) groups is 1. The van der Waals surface area contributed by atoms with Crippen molar-refractivity contribution in [2.75, 3.05) is 32.0 Å². The molecule has 1 amide bonds. The van der Waals surface area contributed by atoms with Crippen molar-refractivity contribution in [2.45, 2.75) is 32.6 Å². The smallest absolute Gasteiger partial charge is 0.407 e. The highest BCUT2D eigenvalue weighted by atomic mass is 32.2. The third-order valence-corrected chi connectivity index (χ3v) is 4.74. The molecule has 0 aliphatic carbocycles. The minimum Gasteiger partial charge on any atom is -0.450 e. The molecular formula is C11H22N2O4S. The zero-order chi connectivity index (χ0) is 13.4. The fraction of sp³-hybridized carbons (Fsp3) is 0.909. The van der Waals surface area contributed by atoms with Gasteiger partial charge in [0, 0.05) is 19.6 Å². The maximum Gasteiger partial charge on any atom is 0.407 e. The number of amides is 1. The van der Waals surface area contributed by atoms with E-state index in [2.05, 4.69) is 10.1 Å². The topological polar surface area (TPSA) is 75.7 Å². The standard InChI is InChI=1S/C11H22N2O4S/c1-2-17-11(14)12-7-10-18(15,16)13-8-5-3-4-6-9-13/h2-10H2,1H3,(H,12,14). The van der Waals surface area contributed by atoms with Crippen LogP contribution in [0.15, 0.2) is 0 Å². The highest BCUT2D eigenvalue weighted by Crippen LogP contribution is 2.13. The van der Waals surface area contributed by atoms with Gasteiger partial charge in [0.05, 0.1) is 12.4 Å². The fourth-order valence-electron chi connectivity index (χ4n) is 1.91. The van der Waals surface area contributed by atoms with Crippen molar-refractivity contribution >= 4 is 16.1 Å². The molecule has 0 atom stereocenters. The van der Waals surface area contributed by atoms with Gasteiger partial charge < -0.3 is 10.1 Å². The van der Waals surface area contributed by atoms with Crippen LogP contribution in [-0.4, -0.2) is 50.8 Å². The van der Waals surface area contributed by atoms with Crippen LogP contribution in [0.5, 0.6) is 0 Å². The van der Waals surface area contributed by atoms with Crippen molar-refractivity contribution in [3.63, 3.8) is 0 Å². The van der Waals surface area contributed by atoms with Crippen molar-refractivity contribution < 1.29 is 17.9 Å². The summed E-state index contributed by atoms with van der Waals surface area (Å²) >= 11 is 0. The normalized spacial score (nSPS) is 18.1. The molecule has 106 valence electrons. The Morgan fingerprint density at radius 1 is 1.22 bits per heavy atom. The number of nitrogens with one attached hydrogen (secondary N) is 1. The quantitative estimate of drug-likeness (QED) is 0.812. The molecule has 1 fully saturated rings.